The maximum Gasteiger partial charge on any atom is 0.212 e. The molecule has 0 aromatic rings. The minimum atomic E-state index is -1.74. The molecule has 4 heteroatoms. The smallest absolute Gasteiger partial charge is 0.212 e. The van der Waals surface area contributed by atoms with E-state index in [1.807, 2.05) is 13.8 Å². The lowest BCUT2D eigenvalue weighted by molar-refractivity contribution is 0.324. The van der Waals surface area contributed by atoms with Crippen LogP contribution in [-0.4, -0.2) is 29.8 Å². The molecule has 0 amide bonds. The predicted octanol–water partition coefficient (Wildman–Crippen LogP) is 3.10. The molecule has 0 saturated heterocycles. The lowest BCUT2D eigenvalue weighted by Gasteiger charge is -2.34. The van der Waals surface area contributed by atoms with Crippen molar-refractivity contribution in [2.75, 3.05) is 13.2 Å². The van der Waals surface area contributed by atoms with Crippen LogP contribution in [0.15, 0.2) is 11.4 Å². The van der Waals surface area contributed by atoms with Crippen molar-refractivity contribution in [3.05, 3.63) is 11.4 Å². The topological polar surface area (TPSA) is 18.5 Å². The Hall–Kier alpha value is 0.0938. The molecule has 0 heterocycles. The Labute approximate surface area is 90.6 Å². The van der Waals surface area contributed by atoms with Crippen LogP contribution in [-0.2, 0) is 8.85 Å². The Morgan fingerprint density at radius 3 is 1.43 bits per heavy atom. The first-order valence-electron chi connectivity index (χ1n) is 5.25. The van der Waals surface area contributed by atoms with Crippen LogP contribution in [0.3, 0.4) is 0 Å². The van der Waals surface area contributed by atoms with E-state index in [1.165, 1.54) is 4.82 Å². The molecule has 84 valence electrons. The van der Waals surface area contributed by atoms with Gasteiger partial charge in [-0.3, -0.25) is 0 Å². The van der Waals surface area contributed by atoms with E-state index >= 15 is 0 Å². The summed E-state index contributed by atoms with van der Waals surface area (Å²) in [6.07, 6.45) is 0. The summed E-state index contributed by atoms with van der Waals surface area (Å²) in [7, 11) is -3.47. The summed E-state index contributed by atoms with van der Waals surface area (Å²) in [4.78, 5) is 1.26. The average molecular weight is 232 g/mol. The molecule has 14 heavy (non-hydrogen) atoms. The van der Waals surface area contributed by atoms with E-state index < -0.39 is 16.6 Å². The van der Waals surface area contributed by atoms with Gasteiger partial charge in [0, 0.05) is 13.2 Å². The van der Waals surface area contributed by atoms with Gasteiger partial charge in [0.2, 0.25) is 16.6 Å². The van der Waals surface area contributed by atoms with Gasteiger partial charge in [0.15, 0.2) is 0 Å². The molecule has 0 radical (unpaired) electrons. The summed E-state index contributed by atoms with van der Waals surface area (Å²) in [5, 5.41) is 0. The summed E-state index contributed by atoms with van der Waals surface area (Å²) < 4.78 is 11.6. The molecule has 0 bridgehead atoms. The highest BCUT2D eigenvalue weighted by Gasteiger charge is 2.38. The molecule has 0 aromatic heterocycles. The zero-order valence-electron chi connectivity index (χ0n) is 10.4. The molecule has 0 aliphatic heterocycles. The Bertz CT molecular complexity index is 180. The standard InChI is InChI=1S/C10H24O2Si2/c1-8-11-13(4,5)10(3)14(6,7)12-9-2/h3,8-9H2,1-2,4-7H3. The third-order valence-corrected chi connectivity index (χ3v) is 11.0. The van der Waals surface area contributed by atoms with Crippen LogP contribution < -0.4 is 0 Å². The van der Waals surface area contributed by atoms with Crippen molar-refractivity contribution in [1.29, 1.82) is 0 Å². The van der Waals surface area contributed by atoms with Gasteiger partial charge in [-0.25, -0.2) is 0 Å². The molecule has 0 aliphatic carbocycles. The zero-order valence-corrected chi connectivity index (χ0v) is 12.4. The molecule has 0 aliphatic rings. The molecule has 0 fully saturated rings. The normalized spacial score (nSPS) is 13.0. The highest BCUT2D eigenvalue weighted by Crippen LogP contribution is 2.25. The molecule has 0 unspecified atom stereocenters. The van der Waals surface area contributed by atoms with Crippen molar-refractivity contribution in [2.24, 2.45) is 0 Å². The number of rotatable bonds is 6. The molecular formula is C10H24O2Si2. The van der Waals surface area contributed by atoms with Crippen LogP contribution in [0.25, 0.3) is 0 Å². The number of hydrogen-bond acceptors (Lipinski definition) is 2. The third kappa shape index (κ3) is 3.69. The molecule has 0 rings (SSSR count). The fourth-order valence-electron chi connectivity index (χ4n) is 1.62. The second-order valence-corrected chi connectivity index (χ2v) is 12.7. The van der Waals surface area contributed by atoms with E-state index in [9.17, 15) is 0 Å². The van der Waals surface area contributed by atoms with E-state index in [0.717, 1.165) is 13.2 Å². The molecule has 0 aromatic carbocycles. The van der Waals surface area contributed by atoms with Gasteiger partial charge in [-0.2, -0.15) is 0 Å². The second kappa shape index (κ2) is 5.25. The Morgan fingerprint density at radius 2 is 1.21 bits per heavy atom. The van der Waals surface area contributed by atoms with Crippen molar-refractivity contribution in [2.45, 2.75) is 40.0 Å². The first-order chi connectivity index (χ1) is 6.28. The summed E-state index contributed by atoms with van der Waals surface area (Å²) in [5.74, 6) is 0. The molecule has 0 spiro atoms. The molecule has 0 saturated carbocycles. The fraction of sp³-hybridized carbons (Fsp3) is 0.800. The summed E-state index contributed by atoms with van der Waals surface area (Å²) in [6.45, 7) is 18.6. The average Bonchev–Trinajstić information content (AvgIpc) is 2.02. The van der Waals surface area contributed by atoms with E-state index in [-0.39, 0.29) is 0 Å². The third-order valence-electron chi connectivity index (χ3n) is 2.46. The first-order valence-corrected chi connectivity index (χ1v) is 11.1. The van der Waals surface area contributed by atoms with E-state index in [0.29, 0.717) is 0 Å². The Kier molecular flexibility index (Phi) is 5.29. The maximum atomic E-state index is 5.82. The molecule has 0 N–H and O–H groups in total. The molecular weight excluding hydrogens is 208 g/mol. The van der Waals surface area contributed by atoms with Crippen LogP contribution >= 0.6 is 0 Å². The van der Waals surface area contributed by atoms with Gasteiger partial charge >= 0.3 is 0 Å². The Morgan fingerprint density at radius 1 is 0.929 bits per heavy atom. The van der Waals surface area contributed by atoms with Gasteiger partial charge in [0.1, 0.15) is 0 Å². The van der Waals surface area contributed by atoms with Crippen molar-refractivity contribution in [3.63, 3.8) is 0 Å². The van der Waals surface area contributed by atoms with Crippen LogP contribution in [0.1, 0.15) is 13.8 Å². The van der Waals surface area contributed by atoms with Crippen LogP contribution in [0.2, 0.25) is 26.2 Å². The fourth-order valence-corrected chi connectivity index (χ4v) is 9.65. The maximum absolute atomic E-state index is 5.82. The van der Waals surface area contributed by atoms with E-state index in [1.54, 1.807) is 0 Å². The van der Waals surface area contributed by atoms with Gasteiger partial charge < -0.3 is 8.85 Å². The predicted molar refractivity (Wildman–Crippen MR) is 67.4 cm³/mol. The minimum Gasteiger partial charge on any atom is -0.414 e. The summed E-state index contributed by atoms with van der Waals surface area (Å²) in [5.41, 5.74) is 0. The van der Waals surface area contributed by atoms with Crippen LogP contribution in [0, 0.1) is 0 Å². The Balaban J connectivity index is 4.58. The quantitative estimate of drug-likeness (QED) is 0.655. The molecule has 2 nitrogen and oxygen atoms in total. The van der Waals surface area contributed by atoms with E-state index in [4.69, 9.17) is 8.85 Å². The van der Waals surface area contributed by atoms with Crippen LogP contribution in [0.4, 0.5) is 0 Å². The van der Waals surface area contributed by atoms with Gasteiger partial charge in [0.25, 0.3) is 0 Å². The monoisotopic (exact) mass is 232 g/mol. The zero-order chi connectivity index (χ0) is 11.4. The van der Waals surface area contributed by atoms with Crippen molar-refractivity contribution in [1.82, 2.24) is 0 Å². The first kappa shape index (κ1) is 14.1. The van der Waals surface area contributed by atoms with Gasteiger partial charge in [-0.1, -0.05) is 0 Å². The lowest BCUT2D eigenvalue weighted by Crippen LogP contribution is -2.47. The highest BCUT2D eigenvalue weighted by molar-refractivity contribution is 7.00. The van der Waals surface area contributed by atoms with Crippen molar-refractivity contribution < 1.29 is 8.85 Å². The minimum absolute atomic E-state index is 0.773. The summed E-state index contributed by atoms with van der Waals surface area (Å²) >= 11 is 0. The SMILES string of the molecule is C=C([Si](C)(C)OCC)[Si](C)(C)OCC. The van der Waals surface area contributed by atoms with Crippen LogP contribution in [0.5, 0.6) is 0 Å². The van der Waals surface area contributed by atoms with E-state index in [2.05, 4.69) is 32.8 Å². The largest absolute Gasteiger partial charge is 0.414 e. The second-order valence-electron chi connectivity index (χ2n) is 4.37. The van der Waals surface area contributed by atoms with Crippen molar-refractivity contribution >= 4 is 16.6 Å². The molecule has 0 atom stereocenters. The van der Waals surface area contributed by atoms with Gasteiger partial charge in [-0.15, -0.1) is 6.58 Å². The van der Waals surface area contributed by atoms with Gasteiger partial charge in [-0.05, 0) is 44.9 Å². The number of hydrogen-bond donors (Lipinski definition) is 0. The lowest BCUT2D eigenvalue weighted by atomic mass is 10.9. The van der Waals surface area contributed by atoms with Crippen molar-refractivity contribution in [3.8, 4) is 0 Å². The van der Waals surface area contributed by atoms with Gasteiger partial charge in [0.05, 0.1) is 0 Å². The highest BCUT2D eigenvalue weighted by atomic mass is 28.4. The summed E-state index contributed by atoms with van der Waals surface area (Å²) in [6, 6.07) is 0.